The topological polar surface area (TPSA) is 74.7 Å². The van der Waals surface area contributed by atoms with Crippen LogP contribution in [0.4, 0.5) is 0 Å². The van der Waals surface area contributed by atoms with Crippen molar-refractivity contribution >= 4 is 39.4 Å². The molecule has 0 aliphatic carbocycles. The Kier molecular flexibility index (Phi) is 7.73. The minimum atomic E-state index is -3.89. The van der Waals surface area contributed by atoms with E-state index in [0.717, 1.165) is 16.9 Å². The molecular formula is C23H28ClNO4S2. The summed E-state index contributed by atoms with van der Waals surface area (Å²) < 4.78 is 28.6. The minimum Gasteiger partial charge on any atom is -0.481 e. The van der Waals surface area contributed by atoms with Crippen LogP contribution in [0.5, 0.6) is 0 Å². The number of carboxylic acids is 1. The van der Waals surface area contributed by atoms with E-state index in [1.165, 1.54) is 4.31 Å². The molecule has 3 atom stereocenters. The van der Waals surface area contributed by atoms with Gasteiger partial charge in [-0.25, -0.2) is 8.42 Å². The monoisotopic (exact) mass is 481 g/mol. The summed E-state index contributed by atoms with van der Waals surface area (Å²) in [6.45, 7) is 6.00. The molecule has 31 heavy (non-hydrogen) atoms. The van der Waals surface area contributed by atoms with Crippen molar-refractivity contribution in [3.63, 3.8) is 0 Å². The number of piperidine rings is 1. The van der Waals surface area contributed by atoms with Crippen molar-refractivity contribution in [1.82, 2.24) is 4.31 Å². The molecule has 3 rings (SSSR count). The molecule has 1 saturated heterocycles. The molecule has 0 bridgehead atoms. The highest BCUT2D eigenvalue weighted by Gasteiger charge is 2.45. The van der Waals surface area contributed by atoms with E-state index in [1.54, 1.807) is 54.2 Å². The zero-order valence-corrected chi connectivity index (χ0v) is 20.3. The Morgan fingerprint density at radius 3 is 2.48 bits per heavy atom. The van der Waals surface area contributed by atoms with Gasteiger partial charge < -0.3 is 5.11 Å². The molecule has 1 aliphatic heterocycles. The Morgan fingerprint density at radius 1 is 1.23 bits per heavy atom. The summed E-state index contributed by atoms with van der Waals surface area (Å²) >= 11 is 7.83. The maximum atomic E-state index is 13.6. The number of carbonyl (C=O) groups is 1. The Balaban J connectivity index is 2.05. The Hall–Kier alpha value is -1.54. The second kappa shape index (κ2) is 9.94. The van der Waals surface area contributed by atoms with Gasteiger partial charge in [-0.05, 0) is 54.8 Å². The van der Waals surface area contributed by atoms with Crippen LogP contribution in [0.3, 0.4) is 0 Å². The van der Waals surface area contributed by atoms with Gasteiger partial charge in [-0.3, -0.25) is 4.79 Å². The van der Waals surface area contributed by atoms with Crippen molar-refractivity contribution in [3.05, 3.63) is 64.7 Å². The molecule has 1 fully saturated rings. The summed E-state index contributed by atoms with van der Waals surface area (Å²) in [6, 6.07) is 13.4. The van der Waals surface area contributed by atoms with Gasteiger partial charge in [-0.1, -0.05) is 55.3 Å². The van der Waals surface area contributed by atoms with Gasteiger partial charge in [-0.2, -0.15) is 16.1 Å². The third kappa shape index (κ3) is 5.64. The van der Waals surface area contributed by atoms with Crippen LogP contribution < -0.4 is 0 Å². The molecule has 5 nitrogen and oxygen atoms in total. The second-order valence-corrected chi connectivity index (χ2v) is 12.0. The lowest BCUT2D eigenvalue weighted by Gasteiger charge is -2.42. The van der Waals surface area contributed by atoms with E-state index in [2.05, 4.69) is 13.8 Å². The summed E-state index contributed by atoms with van der Waals surface area (Å²) in [6.07, 6.45) is 0.416. The Morgan fingerprint density at radius 2 is 1.90 bits per heavy atom. The first-order valence-corrected chi connectivity index (χ1v) is 13.1. The maximum Gasteiger partial charge on any atom is 0.308 e. The standard InChI is InChI=1S/C23H28ClNO4S2/c1-15(2)14-30-22-12-21(17-5-4-6-18(24)11-17)25(13-20(22)23(26)27)31(28,29)19-9-7-16(3)8-10-19/h4-11,15,20-22H,12-14H2,1-3H3,(H,26,27)/t20-,21+,22-/m1/s1. The van der Waals surface area contributed by atoms with E-state index in [-0.39, 0.29) is 16.7 Å². The van der Waals surface area contributed by atoms with Crippen molar-refractivity contribution in [3.8, 4) is 0 Å². The highest BCUT2D eigenvalue weighted by molar-refractivity contribution is 7.99. The number of aliphatic carboxylic acids is 1. The number of aryl methyl sites for hydroxylation is 1. The van der Waals surface area contributed by atoms with Crippen molar-refractivity contribution in [2.45, 2.75) is 43.4 Å². The Bertz CT molecular complexity index is 1020. The highest BCUT2D eigenvalue weighted by atomic mass is 35.5. The van der Waals surface area contributed by atoms with E-state index in [4.69, 9.17) is 11.6 Å². The average Bonchev–Trinajstić information content (AvgIpc) is 2.71. The Labute approximate surface area is 193 Å². The van der Waals surface area contributed by atoms with Gasteiger partial charge in [0.15, 0.2) is 0 Å². The summed E-state index contributed by atoms with van der Waals surface area (Å²) in [4.78, 5) is 12.3. The molecule has 168 valence electrons. The van der Waals surface area contributed by atoms with Crippen LogP contribution in [0.1, 0.15) is 37.4 Å². The summed E-state index contributed by atoms with van der Waals surface area (Å²) in [5.74, 6) is -0.505. The van der Waals surface area contributed by atoms with Crippen molar-refractivity contribution in [2.75, 3.05) is 12.3 Å². The zero-order chi connectivity index (χ0) is 22.8. The van der Waals surface area contributed by atoms with Crippen LogP contribution in [0.2, 0.25) is 5.02 Å². The zero-order valence-electron chi connectivity index (χ0n) is 17.9. The number of carboxylic acid groups (broad SMARTS) is 1. The van der Waals surface area contributed by atoms with Crippen LogP contribution in [-0.4, -0.2) is 41.3 Å². The van der Waals surface area contributed by atoms with Crippen LogP contribution >= 0.6 is 23.4 Å². The van der Waals surface area contributed by atoms with Crippen LogP contribution in [0.15, 0.2) is 53.4 Å². The summed E-state index contributed by atoms with van der Waals surface area (Å²) in [5.41, 5.74) is 1.74. The number of rotatable bonds is 7. The molecule has 0 spiro atoms. The van der Waals surface area contributed by atoms with E-state index in [0.29, 0.717) is 17.4 Å². The SMILES string of the molecule is Cc1ccc(S(=O)(=O)N2C[C@@H](C(=O)O)[C@H](SCC(C)C)C[C@H]2c2cccc(Cl)c2)cc1. The van der Waals surface area contributed by atoms with Crippen LogP contribution in [0.25, 0.3) is 0 Å². The van der Waals surface area contributed by atoms with Crippen molar-refractivity contribution in [1.29, 1.82) is 0 Å². The first-order chi connectivity index (χ1) is 14.6. The number of hydrogen-bond donors (Lipinski definition) is 1. The number of halogens is 1. The normalized spacial score (nSPS) is 22.5. The van der Waals surface area contributed by atoms with Gasteiger partial charge >= 0.3 is 5.97 Å². The lowest BCUT2D eigenvalue weighted by Crippen LogP contribution is -2.49. The molecule has 8 heteroatoms. The molecule has 2 aromatic carbocycles. The molecule has 1 N–H and O–H groups in total. The highest BCUT2D eigenvalue weighted by Crippen LogP contribution is 2.43. The van der Waals surface area contributed by atoms with Gasteiger partial charge in [0.25, 0.3) is 0 Å². The van der Waals surface area contributed by atoms with Crippen LogP contribution in [0, 0.1) is 18.8 Å². The van der Waals surface area contributed by atoms with Crippen molar-refractivity contribution in [2.24, 2.45) is 11.8 Å². The number of nitrogens with zero attached hydrogens (tertiary/aromatic N) is 1. The number of thioether (sulfide) groups is 1. The van der Waals surface area contributed by atoms with E-state index in [9.17, 15) is 18.3 Å². The molecule has 0 aromatic heterocycles. The first-order valence-electron chi connectivity index (χ1n) is 10.3. The second-order valence-electron chi connectivity index (χ2n) is 8.40. The molecular weight excluding hydrogens is 454 g/mol. The largest absolute Gasteiger partial charge is 0.481 e. The molecule has 0 radical (unpaired) electrons. The number of sulfonamides is 1. The number of hydrogen-bond acceptors (Lipinski definition) is 4. The predicted octanol–water partition coefficient (Wildman–Crippen LogP) is 5.24. The number of benzene rings is 2. The first kappa shape index (κ1) is 24.1. The predicted molar refractivity (Wildman–Crippen MR) is 126 cm³/mol. The smallest absolute Gasteiger partial charge is 0.308 e. The maximum absolute atomic E-state index is 13.6. The fourth-order valence-corrected chi connectivity index (χ4v) is 7.04. The molecule has 0 saturated carbocycles. The minimum absolute atomic E-state index is 0.0709. The van der Waals surface area contributed by atoms with Gasteiger partial charge in [0.2, 0.25) is 10.0 Å². The lowest BCUT2D eigenvalue weighted by molar-refractivity contribution is -0.143. The van der Waals surface area contributed by atoms with Gasteiger partial charge in [0.05, 0.1) is 16.9 Å². The average molecular weight is 482 g/mol. The van der Waals surface area contributed by atoms with E-state index in [1.807, 2.05) is 13.0 Å². The molecule has 1 aliphatic rings. The molecule has 2 aromatic rings. The third-order valence-electron chi connectivity index (χ3n) is 5.45. The molecule has 0 amide bonds. The van der Waals surface area contributed by atoms with Gasteiger partial charge in [0.1, 0.15) is 0 Å². The van der Waals surface area contributed by atoms with Gasteiger partial charge in [-0.15, -0.1) is 0 Å². The quantitative estimate of drug-likeness (QED) is 0.585. The van der Waals surface area contributed by atoms with E-state index >= 15 is 0 Å². The fraction of sp³-hybridized carbons (Fsp3) is 0.435. The van der Waals surface area contributed by atoms with Gasteiger partial charge in [0, 0.05) is 16.8 Å². The third-order valence-corrected chi connectivity index (χ3v) is 9.38. The van der Waals surface area contributed by atoms with Crippen molar-refractivity contribution < 1.29 is 18.3 Å². The molecule has 0 unspecified atom stereocenters. The fourth-order valence-electron chi connectivity index (χ4n) is 3.81. The lowest BCUT2D eigenvalue weighted by atomic mass is 9.90. The summed E-state index contributed by atoms with van der Waals surface area (Å²) in [5, 5.41) is 10.2. The molecule has 1 heterocycles. The van der Waals surface area contributed by atoms with E-state index < -0.39 is 28.0 Å². The summed E-state index contributed by atoms with van der Waals surface area (Å²) in [7, 11) is -3.89. The van der Waals surface area contributed by atoms with Crippen LogP contribution in [-0.2, 0) is 14.8 Å².